The molecule has 2 nitrogen and oxygen atoms in total. The molecule has 0 heterocycles. The van der Waals surface area contributed by atoms with E-state index < -0.39 is 21.4 Å². The molecule has 0 N–H and O–H groups in total. The minimum absolute atomic E-state index is 0.392. The molecule has 1 aliphatic rings. The highest BCUT2D eigenvalue weighted by molar-refractivity contribution is 7.85. The second-order valence-corrected chi connectivity index (χ2v) is 6.42. The van der Waals surface area contributed by atoms with Gasteiger partial charge >= 0.3 is 0 Å². The van der Waals surface area contributed by atoms with Gasteiger partial charge in [-0.15, -0.1) is 0 Å². The van der Waals surface area contributed by atoms with Gasteiger partial charge in [-0.3, -0.25) is 0 Å². The average Bonchev–Trinajstić information content (AvgIpc) is 1.94. The van der Waals surface area contributed by atoms with Crippen LogP contribution in [0.1, 0.15) is 40.0 Å². The number of hydrogen-bond donors (Lipinski definition) is 0. The second kappa shape index (κ2) is 3.48. The Labute approximate surface area is 81.2 Å². The molecule has 13 heavy (non-hydrogen) atoms. The quantitative estimate of drug-likeness (QED) is 0.636. The number of rotatable bonds is 2. The molecule has 1 aliphatic carbocycles. The highest BCUT2D eigenvalue weighted by Gasteiger charge is 2.35. The molecule has 4 heteroatoms. The molecule has 0 saturated heterocycles. The first-order valence-corrected chi connectivity index (χ1v) is 5.60. The lowest BCUT2D eigenvalue weighted by Gasteiger charge is -2.29. The summed E-state index contributed by atoms with van der Waals surface area (Å²) in [5.74, 6) is 0. The van der Waals surface area contributed by atoms with Gasteiger partial charge in [0.05, 0.1) is 11.0 Å². The van der Waals surface area contributed by atoms with E-state index in [0.717, 1.165) is 6.42 Å². The Morgan fingerprint density at radius 3 is 2.31 bits per heavy atom. The first-order chi connectivity index (χ1) is 5.83. The van der Waals surface area contributed by atoms with E-state index in [1.165, 1.54) is 6.21 Å². The maximum absolute atomic E-state index is 13.4. The van der Waals surface area contributed by atoms with Crippen LogP contribution in [0.3, 0.4) is 0 Å². The van der Waals surface area contributed by atoms with Crippen LogP contribution >= 0.6 is 0 Å². The van der Waals surface area contributed by atoms with Crippen molar-refractivity contribution in [1.29, 1.82) is 0 Å². The Morgan fingerprint density at radius 2 is 2.00 bits per heavy atom. The van der Waals surface area contributed by atoms with Crippen LogP contribution < -0.4 is 0 Å². The number of hydrogen-bond acceptors (Lipinski definition) is 1. The second-order valence-electron chi connectivity index (χ2n) is 4.48. The van der Waals surface area contributed by atoms with Crippen LogP contribution in [0, 0.1) is 0 Å². The van der Waals surface area contributed by atoms with E-state index in [0.29, 0.717) is 12.8 Å². The molecule has 0 aromatic heterocycles. The zero-order valence-corrected chi connectivity index (χ0v) is 9.16. The van der Waals surface area contributed by atoms with Crippen molar-refractivity contribution < 1.29 is 8.60 Å². The molecular weight excluding hydrogens is 189 g/mol. The zero-order chi connectivity index (χ0) is 10.1. The molecule has 0 bridgehead atoms. The average molecular weight is 205 g/mol. The number of alkyl halides is 1. The van der Waals surface area contributed by atoms with Gasteiger partial charge in [0.25, 0.3) is 0 Å². The molecule has 1 unspecified atom stereocenters. The summed E-state index contributed by atoms with van der Waals surface area (Å²) in [5.41, 5.74) is -1.26. The van der Waals surface area contributed by atoms with E-state index in [-0.39, 0.29) is 0 Å². The number of halogens is 1. The van der Waals surface area contributed by atoms with Gasteiger partial charge in [0, 0.05) is 0 Å². The summed E-state index contributed by atoms with van der Waals surface area (Å²) in [6.45, 7) is 5.48. The Kier molecular flexibility index (Phi) is 2.90. The highest BCUT2D eigenvalue weighted by atomic mass is 32.2. The molecule has 0 amide bonds. The predicted octanol–water partition coefficient (Wildman–Crippen LogP) is 2.41. The van der Waals surface area contributed by atoms with Crippen LogP contribution in [-0.2, 0) is 11.0 Å². The van der Waals surface area contributed by atoms with Gasteiger partial charge in [-0.05, 0) is 40.0 Å². The Hall–Kier alpha value is -0.250. The van der Waals surface area contributed by atoms with E-state index in [1.54, 1.807) is 0 Å². The lowest BCUT2D eigenvalue weighted by molar-refractivity contribution is 0.148. The first-order valence-electron chi connectivity index (χ1n) is 4.50. The van der Waals surface area contributed by atoms with Crippen molar-refractivity contribution in [2.24, 2.45) is 4.40 Å². The predicted molar refractivity (Wildman–Crippen MR) is 54.1 cm³/mol. The molecule has 1 rings (SSSR count). The standard InChI is InChI=1S/C9H16FNOS/c1-8(2,3)13(12)11-7-9(10)5-4-6-9/h7H,4-6H2,1-3H3. The lowest BCUT2D eigenvalue weighted by Crippen LogP contribution is -2.34. The molecule has 1 fully saturated rings. The van der Waals surface area contributed by atoms with Crippen molar-refractivity contribution in [2.45, 2.75) is 50.4 Å². The fraction of sp³-hybridized carbons (Fsp3) is 0.889. The molecule has 0 aromatic rings. The Morgan fingerprint density at radius 1 is 1.46 bits per heavy atom. The largest absolute Gasteiger partial charge is 0.238 e. The molecule has 76 valence electrons. The van der Waals surface area contributed by atoms with E-state index in [9.17, 15) is 8.60 Å². The molecule has 1 saturated carbocycles. The van der Waals surface area contributed by atoms with Crippen LogP contribution in [0.25, 0.3) is 0 Å². The Balaban J connectivity index is 2.53. The first kappa shape index (κ1) is 10.8. The maximum atomic E-state index is 13.4. The highest BCUT2D eigenvalue weighted by Crippen LogP contribution is 2.34. The van der Waals surface area contributed by atoms with Gasteiger partial charge in [-0.2, -0.15) is 4.40 Å². The molecule has 0 aromatic carbocycles. The van der Waals surface area contributed by atoms with Crippen molar-refractivity contribution >= 4 is 17.2 Å². The third-order valence-corrected chi connectivity index (χ3v) is 3.43. The van der Waals surface area contributed by atoms with Crippen LogP contribution in [0.2, 0.25) is 0 Å². The van der Waals surface area contributed by atoms with Gasteiger partial charge in [-0.1, -0.05) is 0 Å². The fourth-order valence-corrected chi connectivity index (χ4v) is 1.54. The summed E-state index contributed by atoms with van der Waals surface area (Å²) >= 11 is 0. The van der Waals surface area contributed by atoms with Gasteiger partial charge in [0.1, 0.15) is 16.7 Å². The lowest BCUT2D eigenvalue weighted by atomic mass is 9.83. The molecule has 0 spiro atoms. The van der Waals surface area contributed by atoms with Crippen molar-refractivity contribution in [2.75, 3.05) is 0 Å². The zero-order valence-electron chi connectivity index (χ0n) is 8.34. The maximum Gasteiger partial charge on any atom is 0.146 e. The summed E-state index contributed by atoms with van der Waals surface area (Å²) < 4.78 is 28.1. The Bertz CT molecular complexity index is 240. The minimum Gasteiger partial charge on any atom is -0.238 e. The smallest absolute Gasteiger partial charge is 0.146 e. The monoisotopic (exact) mass is 205 g/mol. The van der Waals surface area contributed by atoms with Gasteiger partial charge in [0.15, 0.2) is 0 Å². The van der Waals surface area contributed by atoms with Crippen LogP contribution in [-0.4, -0.2) is 20.8 Å². The molecule has 0 radical (unpaired) electrons. The molecular formula is C9H16FNOS. The topological polar surface area (TPSA) is 29.4 Å². The summed E-state index contributed by atoms with van der Waals surface area (Å²) in [6.07, 6.45) is 3.19. The van der Waals surface area contributed by atoms with E-state index in [2.05, 4.69) is 4.40 Å². The SMILES string of the molecule is CC(C)(C)S(=O)N=CC1(F)CCC1. The van der Waals surface area contributed by atoms with Crippen LogP contribution in [0.15, 0.2) is 4.40 Å². The molecule has 1 atom stereocenters. The van der Waals surface area contributed by atoms with Crippen molar-refractivity contribution in [3.63, 3.8) is 0 Å². The van der Waals surface area contributed by atoms with Crippen molar-refractivity contribution in [3.8, 4) is 0 Å². The number of nitrogens with zero attached hydrogens (tertiary/aromatic N) is 1. The van der Waals surface area contributed by atoms with Crippen molar-refractivity contribution in [3.05, 3.63) is 0 Å². The van der Waals surface area contributed by atoms with Gasteiger partial charge < -0.3 is 0 Å². The normalized spacial score (nSPS) is 24.3. The summed E-state index contributed by atoms with van der Waals surface area (Å²) in [6, 6.07) is 0. The summed E-state index contributed by atoms with van der Waals surface area (Å²) in [7, 11) is -1.32. The van der Waals surface area contributed by atoms with E-state index in [1.807, 2.05) is 20.8 Å². The van der Waals surface area contributed by atoms with Gasteiger partial charge in [0.2, 0.25) is 0 Å². The third kappa shape index (κ3) is 2.86. The van der Waals surface area contributed by atoms with E-state index in [4.69, 9.17) is 0 Å². The minimum atomic E-state index is -1.32. The van der Waals surface area contributed by atoms with Crippen LogP contribution in [0.4, 0.5) is 4.39 Å². The van der Waals surface area contributed by atoms with Crippen molar-refractivity contribution in [1.82, 2.24) is 0 Å². The summed E-state index contributed by atoms with van der Waals surface area (Å²) in [4.78, 5) is 0. The molecule has 0 aliphatic heterocycles. The van der Waals surface area contributed by atoms with Crippen LogP contribution in [0.5, 0.6) is 0 Å². The summed E-state index contributed by atoms with van der Waals surface area (Å²) in [5, 5.41) is 0. The fourth-order valence-electron chi connectivity index (χ4n) is 0.944. The third-order valence-electron chi connectivity index (χ3n) is 2.09. The van der Waals surface area contributed by atoms with E-state index >= 15 is 0 Å². The van der Waals surface area contributed by atoms with Gasteiger partial charge in [-0.25, -0.2) is 8.60 Å².